The summed E-state index contributed by atoms with van der Waals surface area (Å²) in [6.45, 7) is 5.43. The highest BCUT2D eigenvalue weighted by Gasteiger charge is 2.23. The van der Waals surface area contributed by atoms with Crippen LogP contribution in [0.15, 0.2) is 11.2 Å². The Morgan fingerprint density at radius 2 is 2.04 bits per heavy atom. The number of aliphatic imine (C=N–C) groups is 1. The second kappa shape index (κ2) is 9.78. The van der Waals surface area contributed by atoms with Crippen molar-refractivity contribution in [2.45, 2.75) is 77.3 Å². The number of aromatic nitrogens is 2. The summed E-state index contributed by atoms with van der Waals surface area (Å²) in [6, 6.07) is 0.873. The third kappa shape index (κ3) is 5.59. The van der Waals surface area contributed by atoms with Crippen LogP contribution in [-0.4, -0.2) is 35.4 Å². The molecule has 1 atom stereocenters. The van der Waals surface area contributed by atoms with Gasteiger partial charge in [-0.1, -0.05) is 19.3 Å². The minimum atomic E-state index is 0. The van der Waals surface area contributed by atoms with Crippen molar-refractivity contribution in [3.8, 4) is 0 Å². The third-order valence-electron chi connectivity index (χ3n) is 5.47. The lowest BCUT2D eigenvalue weighted by Crippen LogP contribution is -2.47. The van der Waals surface area contributed by atoms with Crippen LogP contribution in [0.3, 0.4) is 0 Å². The summed E-state index contributed by atoms with van der Waals surface area (Å²) in [4.78, 5) is 4.42. The van der Waals surface area contributed by atoms with Gasteiger partial charge in [-0.15, -0.1) is 24.0 Å². The maximum absolute atomic E-state index is 4.77. The minimum Gasteiger partial charge on any atom is -0.356 e. The first-order valence-electron chi connectivity index (χ1n) is 9.69. The van der Waals surface area contributed by atoms with Crippen molar-refractivity contribution < 1.29 is 0 Å². The molecule has 2 aliphatic carbocycles. The summed E-state index contributed by atoms with van der Waals surface area (Å²) in [5.41, 5.74) is 2.68. The Morgan fingerprint density at radius 1 is 1.28 bits per heavy atom. The lowest BCUT2D eigenvalue weighted by atomic mass is 9.89. The lowest BCUT2D eigenvalue weighted by molar-refractivity contribution is 0.355. The lowest BCUT2D eigenvalue weighted by Gasteiger charge is -2.26. The quantitative estimate of drug-likeness (QED) is 0.410. The van der Waals surface area contributed by atoms with Crippen LogP contribution in [0, 0.1) is 5.92 Å². The molecule has 3 rings (SSSR count). The van der Waals surface area contributed by atoms with Crippen molar-refractivity contribution >= 4 is 29.9 Å². The monoisotopic (exact) mass is 459 g/mol. The molecule has 1 saturated carbocycles. The first kappa shape index (κ1) is 20.5. The van der Waals surface area contributed by atoms with E-state index in [0.717, 1.165) is 37.7 Å². The Kier molecular flexibility index (Phi) is 8.03. The summed E-state index contributed by atoms with van der Waals surface area (Å²) >= 11 is 0. The Hall–Kier alpha value is -0.790. The van der Waals surface area contributed by atoms with Gasteiger partial charge < -0.3 is 10.6 Å². The molecule has 2 N–H and O–H groups in total. The highest BCUT2D eigenvalue weighted by atomic mass is 127. The van der Waals surface area contributed by atoms with Crippen molar-refractivity contribution in [3.05, 3.63) is 17.5 Å². The molecule has 1 aromatic rings. The number of halogens is 1. The van der Waals surface area contributed by atoms with Crippen LogP contribution in [0.5, 0.6) is 0 Å². The van der Waals surface area contributed by atoms with Gasteiger partial charge in [-0.2, -0.15) is 5.10 Å². The molecule has 0 aliphatic heterocycles. The zero-order valence-corrected chi connectivity index (χ0v) is 18.3. The maximum Gasteiger partial charge on any atom is 0.191 e. The maximum atomic E-state index is 4.77. The van der Waals surface area contributed by atoms with E-state index < -0.39 is 0 Å². The first-order valence-corrected chi connectivity index (χ1v) is 9.69. The highest BCUT2D eigenvalue weighted by Crippen LogP contribution is 2.23. The molecule has 5 nitrogen and oxygen atoms in total. The largest absolute Gasteiger partial charge is 0.356 e. The van der Waals surface area contributed by atoms with Gasteiger partial charge in [0.25, 0.3) is 0 Å². The molecule has 6 heteroatoms. The number of fused-ring (bicyclic) bond motifs is 1. The van der Waals surface area contributed by atoms with Crippen LogP contribution in [0.1, 0.15) is 69.7 Å². The first-order chi connectivity index (χ1) is 11.7. The summed E-state index contributed by atoms with van der Waals surface area (Å²) in [7, 11) is 1.87. The molecule has 0 amide bonds. The number of hydrogen-bond donors (Lipinski definition) is 2. The number of hydrogen-bond acceptors (Lipinski definition) is 2. The van der Waals surface area contributed by atoms with Gasteiger partial charge in [0.1, 0.15) is 0 Å². The standard InChI is InChI=1S/C19H33N5.HI/c1-14(2)24-13-16-9-10-17(11-18(16)23-24)22-19(20-3)21-12-15-7-5-4-6-8-15;/h13-15,17H,4-12H2,1-3H3,(H2,20,21,22);1H. The average Bonchev–Trinajstić information content (AvgIpc) is 3.03. The zero-order valence-electron chi connectivity index (χ0n) is 15.9. The summed E-state index contributed by atoms with van der Waals surface area (Å²) < 4.78 is 2.10. The summed E-state index contributed by atoms with van der Waals surface area (Å²) in [5, 5.41) is 11.9. The van der Waals surface area contributed by atoms with Gasteiger partial charge in [-0.3, -0.25) is 9.67 Å². The molecule has 1 fully saturated rings. The second-order valence-corrected chi connectivity index (χ2v) is 7.72. The molecule has 142 valence electrons. The van der Waals surface area contributed by atoms with Gasteiger partial charge in [0.15, 0.2) is 5.96 Å². The molecule has 1 heterocycles. The number of nitrogens with zero attached hydrogens (tertiary/aromatic N) is 3. The number of aryl methyl sites for hydroxylation is 1. The van der Waals surface area contributed by atoms with Crippen LogP contribution in [-0.2, 0) is 12.8 Å². The van der Waals surface area contributed by atoms with Crippen LogP contribution >= 0.6 is 24.0 Å². The third-order valence-corrected chi connectivity index (χ3v) is 5.47. The van der Waals surface area contributed by atoms with E-state index in [1.807, 2.05) is 7.05 Å². The van der Waals surface area contributed by atoms with Crippen molar-refractivity contribution in [1.82, 2.24) is 20.4 Å². The van der Waals surface area contributed by atoms with Gasteiger partial charge in [0, 0.05) is 38.3 Å². The molecule has 0 aromatic carbocycles. The van der Waals surface area contributed by atoms with Crippen LogP contribution < -0.4 is 10.6 Å². The molecule has 1 aromatic heterocycles. The van der Waals surface area contributed by atoms with Gasteiger partial charge in [0.05, 0.1) is 5.69 Å². The Balaban J connectivity index is 0.00000225. The van der Waals surface area contributed by atoms with E-state index in [2.05, 4.69) is 40.4 Å². The minimum absolute atomic E-state index is 0. The number of nitrogens with one attached hydrogen (secondary N) is 2. The smallest absolute Gasteiger partial charge is 0.191 e. The molecule has 1 unspecified atom stereocenters. The Labute approximate surface area is 169 Å². The second-order valence-electron chi connectivity index (χ2n) is 7.72. The number of rotatable bonds is 4. The predicted molar refractivity (Wildman–Crippen MR) is 115 cm³/mol. The summed E-state index contributed by atoms with van der Waals surface area (Å²) in [5.74, 6) is 1.77. The highest BCUT2D eigenvalue weighted by molar-refractivity contribution is 14.0. The molecule has 0 bridgehead atoms. The zero-order chi connectivity index (χ0) is 16.9. The average molecular weight is 459 g/mol. The molecule has 0 spiro atoms. The van der Waals surface area contributed by atoms with E-state index in [4.69, 9.17) is 5.10 Å². The summed E-state index contributed by atoms with van der Waals surface area (Å²) in [6.07, 6.45) is 12.4. The topological polar surface area (TPSA) is 54.2 Å². The molecule has 2 aliphatic rings. The van der Waals surface area contributed by atoms with Gasteiger partial charge in [-0.25, -0.2) is 0 Å². The van der Waals surface area contributed by atoms with E-state index in [0.29, 0.717) is 12.1 Å². The fourth-order valence-electron chi connectivity index (χ4n) is 3.92. The molecule has 0 radical (unpaired) electrons. The molecule has 25 heavy (non-hydrogen) atoms. The van der Waals surface area contributed by atoms with Gasteiger partial charge in [-0.05, 0) is 51.0 Å². The normalized spacial score (nSPS) is 21.6. The fourth-order valence-corrected chi connectivity index (χ4v) is 3.92. The van der Waals surface area contributed by atoms with Gasteiger partial charge >= 0.3 is 0 Å². The molecule has 0 saturated heterocycles. The van der Waals surface area contributed by atoms with E-state index >= 15 is 0 Å². The van der Waals surface area contributed by atoms with Crippen molar-refractivity contribution in [3.63, 3.8) is 0 Å². The molecular weight excluding hydrogens is 425 g/mol. The predicted octanol–water partition coefficient (Wildman–Crippen LogP) is 3.68. The van der Waals surface area contributed by atoms with Crippen LogP contribution in [0.2, 0.25) is 0 Å². The molecular formula is C19H34IN5. The van der Waals surface area contributed by atoms with Crippen LogP contribution in [0.4, 0.5) is 0 Å². The fraction of sp³-hybridized carbons (Fsp3) is 0.789. The van der Waals surface area contributed by atoms with E-state index in [-0.39, 0.29) is 24.0 Å². The van der Waals surface area contributed by atoms with Crippen molar-refractivity contribution in [1.29, 1.82) is 0 Å². The Bertz CT molecular complexity index is 560. The van der Waals surface area contributed by atoms with Gasteiger partial charge in [0.2, 0.25) is 0 Å². The van der Waals surface area contributed by atoms with E-state index in [1.54, 1.807) is 0 Å². The SMILES string of the molecule is CN=C(NCC1CCCCC1)NC1CCc2cn(C(C)C)nc2C1.I. The van der Waals surface area contributed by atoms with E-state index in [9.17, 15) is 0 Å². The van der Waals surface area contributed by atoms with Crippen molar-refractivity contribution in [2.24, 2.45) is 10.9 Å². The van der Waals surface area contributed by atoms with Crippen molar-refractivity contribution in [2.75, 3.05) is 13.6 Å². The van der Waals surface area contributed by atoms with E-state index in [1.165, 1.54) is 43.4 Å². The Morgan fingerprint density at radius 3 is 2.72 bits per heavy atom. The van der Waals surface area contributed by atoms with Crippen LogP contribution in [0.25, 0.3) is 0 Å². The number of guanidine groups is 1.